The molecule has 1 aromatic carbocycles. The molecule has 0 unspecified atom stereocenters. The lowest BCUT2D eigenvalue weighted by atomic mass is 10.2. The number of halogens is 1. The fraction of sp³-hybridized carbons (Fsp3) is 0.385. The second-order valence-electron chi connectivity index (χ2n) is 4.17. The molecule has 0 aliphatic rings. The maximum atomic E-state index is 11.7. The fourth-order valence-electron chi connectivity index (χ4n) is 1.77. The van der Waals surface area contributed by atoms with Crippen LogP contribution in [0.5, 0.6) is 0 Å². The quantitative estimate of drug-likeness (QED) is 0.835. The molecule has 0 atom stereocenters. The molecule has 1 heterocycles. The number of nitrogens with zero attached hydrogens (tertiary/aromatic N) is 1. The van der Waals surface area contributed by atoms with Crippen molar-refractivity contribution in [2.75, 3.05) is 18.9 Å². The summed E-state index contributed by atoms with van der Waals surface area (Å²) in [6.45, 7) is 2.85. The SMILES string of the molecule is CNCCCC(=O)Nc1ccc2nc(C)sc2c1.Cl. The van der Waals surface area contributed by atoms with Crippen LogP contribution in [0.3, 0.4) is 0 Å². The van der Waals surface area contributed by atoms with Crippen LogP contribution < -0.4 is 10.6 Å². The number of hydrogen-bond acceptors (Lipinski definition) is 4. The second-order valence-corrected chi connectivity index (χ2v) is 5.41. The molecule has 0 bridgehead atoms. The van der Waals surface area contributed by atoms with Gasteiger partial charge in [-0.25, -0.2) is 4.98 Å². The normalized spacial score (nSPS) is 10.2. The van der Waals surface area contributed by atoms with Crippen LogP contribution >= 0.6 is 23.7 Å². The van der Waals surface area contributed by atoms with Crippen LogP contribution in [-0.2, 0) is 4.79 Å². The van der Waals surface area contributed by atoms with Crippen molar-refractivity contribution < 1.29 is 4.79 Å². The Morgan fingerprint density at radius 2 is 2.21 bits per heavy atom. The first-order valence-electron chi connectivity index (χ1n) is 6.00. The van der Waals surface area contributed by atoms with Crippen LogP contribution in [0.1, 0.15) is 17.8 Å². The van der Waals surface area contributed by atoms with E-state index >= 15 is 0 Å². The highest BCUT2D eigenvalue weighted by atomic mass is 35.5. The molecule has 0 saturated carbocycles. The minimum absolute atomic E-state index is 0. The number of rotatable bonds is 5. The summed E-state index contributed by atoms with van der Waals surface area (Å²) < 4.78 is 1.11. The van der Waals surface area contributed by atoms with Gasteiger partial charge < -0.3 is 10.6 Å². The summed E-state index contributed by atoms with van der Waals surface area (Å²) in [6, 6.07) is 5.83. The molecule has 1 aromatic heterocycles. The van der Waals surface area contributed by atoms with Gasteiger partial charge in [-0.2, -0.15) is 0 Å². The van der Waals surface area contributed by atoms with Gasteiger partial charge in [0.05, 0.1) is 15.2 Å². The van der Waals surface area contributed by atoms with Crippen molar-refractivity contribution in [3.8, 4) is 0 Å². The van der Waals surface area contributed by atoms with E-state index < -0.39 is 0 Å². The minimum Gasteiger partial charge on any atom is -0.326 e. The van der Waals surface area contributed by atoms with Gasteiger partial charge in [0, 0.05) is 12.1 Å². The van der Waals surface area contributed by atoms with E-state index in [1.807, 2.05) is 32.2 Å². The Labute approximate surface area is 123 Å². The van der Waals surface area contributed by atoms with Gasteiger partial charge in [-0.1, -0.05) is 0 Å². The maximum absolute atomic E-state index is 11.7. The van der Waals surface area contributed by atoms with Crippen molar-refractivity contribution >= 4 is 45.6 Å². The average Bonchev–Trinajstić information content (AvgIpc) is 2.69. The number of carbonyl (C=O) groups is 1. The number of aromatic nitrogens is 1. The van der Waals surface area contributed by atoms with E-state index in [-0.39, 0.29) is 18.3 Å². The van der Waals surface area contributed by atoms with Crippen molar-refractivity contribution in [3.05, 3.63) is 23.2 Å². The largest absolute Gasteiger partial charge is 0.326 e. The molecule has 2 rings (SSSR count). The van der Waals surface area contributed by atoms with Gasteiger partial charge in [0.15, 0.2) is 0 Å². The Bertz CT molecular complexity index is 556. The molecule has 104 valence electrons. The van der Waals surface area contributed by atoms with E-state index in [0.29, 0.717) is 6.42 Å². The third-order valence-corrected chi connectivity index (χ3v) is 3.54. The Morgan fingerprint density at radius 1 is 1.42 bits per heavy atom. The highest BCUT2D eigenvalue weighted by Gasteiger charge is 2.05. The number of aryl methyl sites for hydroxylation is 1. The summed E-state index contributed by atoms with van der Waals surface area (Å²) in [5, 5.41) is 6.99. The molecule has 0 saturated heterocycles. The Kier molecular flexibility index (Phi) is 6.21. The number of nitrogens with one attached hydrogen (secondary N) is 2. The average molecular weight is 300 g/mol. The Balaban J connectivity index is 0.00000180. The highest BCUT2D eigenvalue weighted by Crippen LogP contribution is 2.24. The van der Waals surface area contributed by atoms with Crippen molar-refractivity contribution in [3.63, 3.8) is 0 Å². The maximum Gasteiger partial charge on any atom is 0.224 e. The van der Waals surface area contributed by atoms with Crippen LogP contribution in [0, 0.1) is 6.92 Å². The Morgan fingerprint density at radius 3 is 2.95 bits per heavy atom. The number of thiazole rings is 1. The summed E-state index contributed by atoms with van der Waals surface area (Å²) >= 11 is 1.64. The molecule has 0 aliphatic heterocycles. The zero-order valence-electron chi connectivity index (χ0n) is 11.0. The number of hydrogen-bond donors (Lipinski definition) is 2. The summed E-state index contributed by atoms with van der Waals surface area (Å²) in [5.41, 5.74) is 1.84. The first-order valence-corrected chi connectivity index (χ1v) is 6.82. The molecular weight excluding hydrogens is 282 g/mol. The zero-order chi connectivity index (χ0) is 13.0. The molecule has 0 fully saturated rings. The van der Waals surface area contributed by atoms with Crippen molar-refractivity contribution in [2.45, 2.75) is 19.8 Å². The summed E-state index contributed by atoms with van der Waals surface area (Å²) in [7, 11) is 1.89. The molecule has 1 amide bonds. The van der Waals surface area contributed by atoms with Gasteiger partial charge in [0.1, 0.15) is 0 Å². The molecular formula is C13H18ClN3OS. The van der Waals surface area contributed by atoms with E-state index in [0.717, 1.165) is 33.9 Å². The monoisotopic (exact) mass is 299 g/mol. The summed E-state index contributed by atoms with van der Waals surface area (Å²) in [4.78, 5) is 16.1. The van der Waals surface area contributed by atoms with E-state index in [1.54, 1.807) is 11.3 Å². The lowest BCUT2D eigenvalue weighted by Crippen LogP contribution is -2.15. The van der Waals surface area contributed by atoms with Crippen molar-refractivity contribution in [1.82, 2.24) is 10.3 Å². The van der Waals surface area contributed by atoms with Gasteiger partial charge in [-0.05, 0) is 45.1 Å². The van der Waals surface area contributed by atoms with E-state index in [2.05, 4.69) is 15.6 Å². The molecule has 0 radical (unpaired) electrons. The lowest BCUT2D eigenvalue weighted by molar-refractivity contribution is -0.116. The molecule has 6 heteroatoms. The third kappa shape index (κ3) is 4.45. The van der Waals surface area contributed by atoms with Gasteiger partial charge in [-0.15, -0.1) is 23.7 Å². The summed E-state index contributed by atoms with van der Waals surface area (Å²) in [5.74, 6) is 0.0610. The van der Waals surface area contributed by atoms with Crippen LogP contribution in [0.2, 0.25) is 0 Å². The number of fused-ring (bicyclic) bond motifs is 1. The van der Waals surface area contributed by atoms with Gasteiger partial charge in [0.2, 0.25) is 5.91 Å². The lowest BCUT2D eigenvalue weighted by Gasteiger charge is -2.04. The minimum atomic E-state index is 0. The molecule has 2 aromatic rings. The zero-order valence-corrected chi connectivity index (χ0v) is 12.7. The van der Waals surface area contributed by atoms with E-state index in [4.69, 9.17) is 0 Å². The van der Waals surface area contributed by atoms with Crippen molar-refractivity contribution in [1.29, 1.82) is 0 Å². The van der Waals surface area contributed by atoms with Crippen LogP contribution in [0.25, 0.3) is 10.2 Å². The molecule has 0 aliphatic carbocycles. The van der Waals surface area contributed by atoms with E-state index in [9.17, 15) is 4.79 Å². The standard InChI is InChI=1S/C13H17N3OS.ClH/c1-9-15-11-6-5-10(8-12(11)18-9)16-13(17)4-3-7-14-2;/h5-6,8,14H,3-4,7H2,1-2H3,(H,16,17);1H. The number of amides is 1. The first-order chi connectivity index (χ1) is 8.69. The predicted molar refractivity (Wildman–Crippen MR) is 83.4 cm³/mol. The molecule has 0 spiro atoms. The second kappa shape index (κ2) is 7.43. The van der Waals surface area contributed by atoms with Gasteiger partial charge in [0.25, 0.3) is 0 Å². The van der Waals surface area contributed by atoms with Gasteiger partial charge in [-0.3, -0.25) is 4.79 Å². The molecule has 4 nitrogen and oxygen atoms in total. The van der Waals surface area contributed by atoms with Crippen LogP contribution in [0.4, 0.5) is 5.69 Å². The summed E-state index contributed by atoms with van der Waals surface area (Å²) in [6.07, 6.45) is 1.39. The molecule has 2 N–H and O–H groups in total. The smallest absolute Gasteiger partial charge is 0.224 e. The first kappa shape index (κ1) is 15.9. The topological polar surface area (TPSA) is 54.0 Å². The predicted octanol–water partition coefficient (Wildman–Crippen LogP) is 2.96. The molecule has 19 heavy (non-hydrogen) atoms. The van der Waals surface area contributed by atoms with Crippen LogP contribution in [0.15, 0.2) is 18.2 Å². The van der Waals surface area contributed by atoms with Crippen molar-refractivity contribution in [2.24, 2.45) is 0 Å². The highest BCUT2D eigenvalue weighted by molar-refractivity contribution is 7.18. The number of anilines is 1. The number of benzene rings is 1. The Hall–Kier alpha value is -1.17. The van der Waals surface area contributed by atoms with Gasteiger partial charge >= 0.3 is 0 Å². The number of carbonyl (C=O) groups excluding carboxylic acids is 1. The fourth-order valence-corrected chi connectivity index (χ4v) is 2.63. The van der Waals surface area contributed by atoms with Crippen LogP contribution in [-0.4, -0.2) is 24.5 Å². The third-order valence-electron chi connectivity index (χ3n) is 2.61. The van der Waals surface area contributed by atoms with E-state index in [1.165, 1.54) is 0 Å².